The molecule has 0 saturated carbocycles. The molecular weight excluding hydrogens is 358 g/mol. The summed E-state index contributed by atoms with van der Waals surface area (Å²) in [5, 5.41) is 6.87. The maximum absolute atomic E-state index is 12.3. The molecule has 0 bridgehead atoms. The lowest BCUT2D eigenvalue weighted by Crippen LogP contribution is -2.13. The minimum atomic E-state index is -0.148. The number of aryl methyl sites for hydroxylation is 3. The number of anilines is 1. The minimum Gasteiger partial charge on any atom is -0.493 e. The van der Waals surface area contributed by atoms with Crippen molar-refractivity contribution < 1.29 is 18.8 Å². The number of ether oxygens (including phenoxy) is 2. The standard InChI is InChI=1S/C21H23N3O4/c1-13-5-7-15(8-6-13)21-23-20(28-24-21)10-9-19(25)22-16-12-18(27-4)17(26-3)11-14(16)2/h5-8,11-12H,9-10H2,1-4H3,(H,22,25). The number of methoxy groups -OCH3 is 2. The fourth-order valence-corrected chi connectivity index (χ4v) is 2.72. The Bertz CT molecular complexity index is 964. The molecule has 3 aromatic rings. The van der Waals surface area contributed by atoms with E-state index in [2.05, 4.69) is 15.5 Å². The molecule has 0 spiro atoms. The number of carbonyl (C=O) groups excluding carboxylic acids is 1. The van der Waals surface area contributed by atoms with Crippen LogP contribution in [0.25, 0.3) is 11.4 Å². The molecule has 0 radical (unpaired) electrons. The third kappa shape index (κ3) is 4.49. The summed E-state index contributed by atoms with van der Waals surface area (Å²) >= 11 is 0. The van der Waals surface area contributed by atoms with Gasteiger partial charge in [0, 0.05) is 30.2 Å². The summed E-state index contributed by atoms with van der Waals surface area (Å²) in [4.78, 5) is 16.7. The van der Waals surface area contributed by atoms with Gasteiger partial charge in [0.1, 0.15) is 0 Å². The van der Waals surface area contributed by atoms with Crippen molar-refractivity contribution in [2.45, 2.75) is 26.7 Å². The molecule has 7 heteroatoms. The zero-order valence-corrected chi connectivity index (χ0v) is 16.4. The largest absolute Gasteiger partial charge is 0.493 e. The van der Waals surface area contributed by atoms with Gasteiger partial charge in [-0.15, -0.1) is 0 Å². The average Bonchev–Trinajstić information content (AvgIpc) is 3.17. The van der Waals surface area contributed by atoms with Crippen molar-refractivity contribution in [1.82, 2.24) is 10.1 Å². The van der Waals surface area contributed by atoms with Crippen molar-refractivity contribution in [3.05, 3.63) is 53.4 Å². The van der Waals surface area contributed by atoms with E-state index in [0.717, 1.165) is 16.7 Å². The van der Waals surface area contributed by atoms with E-state index in [1.54, 1.807) is 20.3 Å². The van der Waals surface area contributed by atoms with Crippen LogP contribution in [0.2, 0.25) is 0 Å². The molecular formula is C21H23N3O4. The molecule has 0 unspecified atom stereocenters. The second-order valence-electron chi connectivity index (χ2n) is 6.45. The van der Waals surface area contributed by atoms with Gasteiger partial charge in [0.15, 0.2) is 11.5 Å². The van der Waals surface area contributed by atoms with Gasteiger partial charge in [-0.1, -0.05) is 35.0 Å². The second-order valence-corrected chi connectivity index (χ2v) is 6.45. The first-order valence-electron chi connectivity index (χ1n) is 8.92. The summed E-state index contributed by atoms with van der Waals surface area (Å²) < 4.78 is 15.8. The van der Waals surface area contributed by atoms with Gasteiger partial charge >= 0.3 is 0 Å². The highest BCUT2D eigenvalue weighted by Crippen LogP contribution is 2.33. The van der Waals surface area contributed by atoms with Gasteiger partial charge in [0.05, 0.1) is 14.2 Å². The molecule has 146 valence electrons. The predicted octanol–water partition coefficient (Wildman–Crippen LogP) is 3.94. The van der Waals surface area contributed by atoms with Crippen LogP contribution in [0.1, 0.15) is 23.4 Å². The van der Waals surface area contributed by atoms with Crippen molar-refractivity contribution in [1.29, 1.82) is 0 Å². The minimum absolute atomic E-state index is 0.148. The van der Waals surface area contributed by atoms with Gasteiger partial charge in [0.25, 0.3) is 0 Å². The zero-order valence-electron chi connectivity index (χ0n) is 16.4. The maximum Gasteiger partial charge on any atom is 0.227 e. The fraction of sp³-hybridized carbons (Fsp3) is 0.286. The molecule has 1 aromatic heterocycles. The van der Waals surface area contributed by atoms with Crippen molar-refractivity contribution >= 4 is 11.6 Å². The lowest BCUT2D eigenvalue weighted by molar-refractivity contribution is -0.116. The number of hydrogen-bond acceptors (Lipinski definition) is 6. The van der Waals surface area contributed by atoms with E-state index in [-0.39, 0.29) is 12.3 Å². The smallest absolute Gasteiger partial charge is 0.227 e. The molecule has 1 N–H and O–H groups in total. The number of nitrogens with one attached hydrogen (secondary N) is 1. The number of hydrogen-bond donors (Lipinski definition) is 1. The van der Waals surface area contributed by atoms with Crippen LogP contribution in [0.4, 0.5) is 5.69 Å². The summed E-state index contributed by atoms with van der Waals surface area (Å²) in [5.41, 5.74) is 3.60. The van der Waals surface area contributed by atoms with E-state index in [1.165, 1.54) is 0 Å². The Kier molecular flexibility index (Phi) is 5.93. The highest BCUT2D eigenvalue weighted by atomic mass is 16.5. The summed E-state index contributed by atoms with van der Waals surface area (Å²) in [6.45, 7) is 3.91. The van der Waals surface area contributed by atoms with Crippen LogP contribution < -0.4 is 14.8 Å². The third-order valence-corrected chi connectivity index (χ3v) is 4.35. The Labute approximate surface area is 163 Å². The van der Waals surface area contributed by atoms with Crippen molar-refractivity contribution in [2.75, 3.05) is 19.5 Å². The molecule has 0 atom stereocenters. The third-order valence-electron chi connectivity index (χ3n) is 4.35. The first-order chi connectivity index (χ1) is 13.5. The quantitative estimate of drug-likeness (QED) is 0.667. The van der Waals surface area contributed by atoms with Crippen molar-refractivity contribution in [3.63, 3.8) is 0 Å². The summed E-state index contributed by atoms with van der Waals surface area (Å²) in [5.74, 6) is 1.97. The summed E-state index contributed by atoms with van der Waals surface area (Å²) in [7, 11) is 3.13. The molecule has 0 saturated heterocycles. The van der Waals surface area contributed by atoms with Gasteiger partial charge < -0.3 is 19.3 Å². The van der Waals surface area contributed by atoms with E-state index in [4.69, 9.17) is 14.0 Å². The van der Waals surface area contributed by atoms with Gasteiger partial charge in [-0.05, 0) is 25.5 Å². The molecule has 7 nitrogen and oxygen atoms in total. The number of amides is 1. The van der Waals surface area contributed by atoms with Crippen molar-refractivity contribution in [2.24, 2.45) is 0 Å². The Morgan fingerprint density at radius 2 is 1.75 bits per heavy atom. The highest BCUT2D eigenvalue weighted by Gasteiger charge is 2.13. The number of aromatic nitrogens is 2. The highest BCUT2D eigenvalue weighted by molar-refractivity contribution is 5.92. The zero-order chi connectivity index (χ0) is 20.1. The Morgan fingerprint density at radius 1 is 1.07 bits per heavy atom. The Morgan fingerprint density at radius 3 is 2.43 bits per heavy atom. The first kappa shape index (κ1) is 19.4. The predicted molar refractivity (Wildman–Crippen MR) is 106 cm³/mol. The van der Waals surface area contributed by atoms with Crippen LogP contribution in [-0.4, -0.2) is 30.3 Å². The van der Waals surface area contributed by atoms with Crippen LogP contribution in [0, 0.1) is 13.8 Å². The SMILES string of the molecule is COc1cc(C)c(NC(=O)CCc2nc(-c3ccc(C)cc3)no2)cc1OC. The lowest BCUT2D eigenvalue weighted by atomic mass is 10.1. The van der Waals surface area contributed by atoms with Crippen LogP contribution >= 0.6 is 0 Å². The van der Waals surface area contributed by atoms with Gasteiger partial charge in [0.2, 0.25) is 17.6 Å². The topological polar surface area (TPSA) is 86.5 Å². The monoisotopic (exact) mass is 381 g/mol. The van der Waals surface area contributed by atoms with Gasteiger partial charge in [-0.2, -0.15) is 4.98 Å². The molecule has 0 fully saturated rings. The lowest BCUT2D eigenvalue weighted by Gasteiger charge is -2.13. The first-order valence-corrected chi connectivity index (χ1v) is 8.92. The van der Waals surface area contributed by atoms with Crippen LogP contribution in [0.3, 0.4) is 0 Å². The normalized spacial score (nSPS) is 10.6. The molecule has 0 aliphatic rings. The number of benzene rings is 2. The van der Waals surface area contributed by atoms with Crippen molar-refractivity contribution in [3.8, 4) is 22.9 Å². The van der Waals surface area contributed by atoms with E-state index in [1.807, 2.05) is 44.2 Å². The second kappa shape index (κ2) is 8.56. The number of carbonyl (C=O) groups is 1. The van der Waals surface area contributed by atoms with E-state index < -0.39 is 0 Å². The molecule has 3 rings (SSSR count). The molecule has 0 aliphatic heterocycles. The molecule has 2 aromatic carbocycles. The fourth-order valence-electron chi connectivity index (χ4n) is 2.72. The van der Waals surface area contributed by atoms with Crippen LogP contribution in [0.5, 0.6) is 11.5 Å². The molecule has 1 heterocycles. The maximum atomic E-state index is 12.3. The Balaban J connectivity index is 1.61. The number of rotatable bonds is 7. The molecule has 28 heavy (non-hydrogen) atoms. The van der Waals surface area contributed by atoms with E-state index in [0.29, 0.717) is 35.3 Å². The van der Waals surface area contributed by atoms with E-state index in [9.17, 15) is 4.79 Å². The average molecular weight is 381 g/mol. The van der Waals surface area contributed by atoms with Crippen LogP contribution in [0.15, 0.2) is 40.9 Å². The summed E-state index contributed by atoms with van der Waals surface area (Å²) in [6.07, 6.45) is 0.584. The molecule has 1 amide bonds. The summed E-state index contributed by atoms with van der Waals surface area (Å²) in [6, 6.07) is 11.4. The number of nitrogens with zero attached hydrogens (tertiary/aromatic N) is 2. The molecule has 0 aliphatic carbocycles. The van der Waals surface area contributed by atoms with Gasteiger partial charge in [-0.25, -0.2) is 0 Å². The Hall–Kier alpha value is -3.35. The van der Waals surface area contributed by atoms with Gasteiger partial charge in [-0.3, -0.25) is 4.79 Å². The van der Waals surface area contributed by atoms with E-state index >= 15 is 0 Å². The van der Waals surface area contributed by atoms with Crippen LogP contribution in [-0.2, 0) is 11.2 Å².